The van der Waals surface area contributed by atoms with Crippen LogP contribution in [0.4, 0.5) is 5.82 Å². The van der Waals surface area contributed by atoms with Crippen LogP contribution in [0.25, 0.3) is 0 Å². The first-order valence-corrected chi connectivity index (χ1v) is 12.5. The van der Waals surface area contributed by atoms with Crippen LogP contribution in [0.5, 0.6) is 0 Å². The van der Waals surface area contributed by atoms with E-state index < -0.39 is 9.84 Å². The summed E-state index contributed by atoms with van der Waals surface area (Å²) in [6.07, 6.45) is 7.77. The van der Waals surface area contributed by atoms with Gasteiger partial charge in [-0.25, -0.2) is 18.4 Å². The molecule has 1 aromatic heterocycles. The molecule has 0 unspecified atom stereocenters. The van der Waals surface area contributed by atoms with Crippen molar-refractivity contribution >= 4 is 21.6 Å². The molecule has 3 aliphatic rings. The van der Waals surface area contributed by atoms with Crippen LogP contribution in [0.2, 0.25) is 0 Å². The van der Waals surface area contributed by atoms with E-state index in [1.165, 1.54) is 32.1 Å². The molecule has 0 bridgehead atoms. The predicted molar refractivity (Wildman–Crippen MR) is 112 cm³/mol. The molecule has 8 nitrogen and oxygen atoms in total. The van der Waals surface area contributed by atoms with Crippen molar-refractivity contribution in [3.63, 3.8) is 0 Å². The van der Waals surface area contributed by atoms with Gasteiger partial charge in [0.05, 0.1) is 23.9 Å². The second kappa shape index (κ2) is 8.55. The van der Waals surface area contributed by atoms with Gasteiger partial charge in [-0.05, 0) is 38.1 Å². The molecule has 3 fully saturated rings. The van der Waals surface area contributed by atoms with E-state index in [9.17, 15) is 13.2 Å². The van der Waals surface area contributed by atoms with Crippen molar-refractivity contribution in [1.82, 2.24) is 19.8 Å². The number of anilines is 1. The number of hydrogen-bond donors (Lipinski definition) is 0. The molecule has 3 saturated heterocycles. The highest BCUT2D eigenvalue weighted by Gasteiger charge is 2.30. The average molecular weight is 422 g/mol. The Kier molecular flexibility index (Phi) is 6.06. The molecule has 1 amide bonds. The summed E-state index contributed by atoms with van der Waals surface area (Å²) in [4.78, 5) is 27.9. The van der Waals surface area contributed by atoms with Crippen LogP contribution in [0.15, 0.2) is 12.4 Å². The third-order valence-electron chi connectivity index (χ3n) is 6.48. The number of sulfone groups is 1. The summed E-state index contributed by atoms with van der Waals surface area (Å²) < 4.78 is 23.1. The second-order valence-electron chi connectivity index (χ2n) is 8.66. The minimum absolute atomic E-state index is 0.0595. The summed E-state index contributed by atoms with van der Waals surface area (Å²) in [7, 11) is -2.93. The van der Waals surface area contributed by atoms with E-state index in [0.29, 0.717) is 30.6 Å². The zero-order chi connectivity index (χ0) is 20.4. The number of carbonyl (C=O) groups excluding carboxylic acids is 1. The quantitative estimate of drug-likeness (QED) is 0.721. The standard InChI is InChI=1S/C20H31N5O3S/c1-16-3-2-6-25(15-16)17-4-7-24(8-5-17)20(26)18-13-22-19(14-21-18)23-9-11-29(27,28)12-10-23/h13-14,16-17H,2-12,15H2,1H3/t16-/m1/s1. The minimum Gasteiger partial charge on any atom is -0.353 e. The highest BCUT2D eigenvalue weighted by molar-refractivity contribution is 7.91. The van der Waals surface area contributed by atoms with E-state index in [2.05, 4.69) is 21.8 Å². The molecule has 1 atom stereocenters. The largest absolute Gasteiger partial charge is 0.353 e. The van der Waals surface area contributed by atoms with Gasteiger partial charge >= 0.3 is 0 Å². The maximum absolute atomic E-state index is 12.8. The van der Waals surface area contributed by atoms with Crippen molar-refractivity contribution in [3.8, 4) is 0 Å². The van der Waals surface area contributed by atoms with Gasteiger partial charge in [-0.15, -0.1) is 0 Å². The number of hydrogen-bond acceptors (Lipinski definition) is 7. The van der Waals surface area contributed by atoms with Crippen molar-refractivity contribution in [2.24, 2.45) is 5.92 Å². The fourth-order valence-electron chi connectivity index (χ4n) is 4.69. The highest BCUT2D eigenvalue weighted by atomic mass is 32.2. The number of aromatic nitrogens is 2. The van der Waals surface area contributed by atoms with E-state index in [4.69, 9.17) is 0 Å². The Morgan fingerprint density at radius 1 is 1.00 bits per heavy atom. The lowest BCUT2D eigenvalue weighted by Gasteiger charge is -2.41. The number of amides is 1. The topological polar surface area (TPSA) is 86.7 Å². The summed E-state index contributed by atoms with van der Waals surface area (Å²) in [5.74, 6) is 1.63. The fraction of sp³-hybridized carbons (Fsp3) is 0.750. The molecule has 0 aromatic carbocycles. The molecule has 0 saturated carbocycles. The number of carbonyl (C=O) groups is 1. The minimum atomic E-state index is -2.93. The third kappa shape index (κ3) is 4.88. The molecule has 160 valence electrons. The summed E-state index contributed by atoms with van der Waals surface area (Å²) in [5.41, 5.74) is 0.364. The summed E-state index contributed by atoms with van der Waals surface area (Å²) in [6, 6.07) is 0.589. The Balaban J connectivity index is 1.31. The van der Waals surface area contributed by atoms with Crippen LogP contribution in [-0.2, 0) is 9.84 Å². The van der Waals surface area contributed by atoms with Crippen molar-refractivity contribution in [2.75, 3.05) is 55.7 Å². The van der Waals surface area contributed by atoms with E-state index in [1.807, 2.05) is 9.80 Å². The van der Waals surface area contributed by atoms with Gasteiger partial charge in [-0.3, -0.25) is 9.69 Å². The maximum atomic E-state index is 12.8. The molecule has 9 heteroatoms. The molecule has 0 radical (unpaired) electrons. The molecule has 4 rings (SSSR count). The number of rotatable bonds is 3. The van der Waals surface area contributed by atoms with Gasteiger partial charge in [0.15, 0.2) is 9.84 Å². The van der Waals surface area contributed by atoms with Crippen LogP contribution < -0.4 is 4.90 Å². The molecular formula is C20H31N5O3S. The fourth-order valence-corrected chi connectivity index (χ4v) is 5.89. The highest BCUT2D eigenvalue weighted by Crippen LogP contribution is 2.24. The van der Waals surface area contributed by atoms with Crippen LogP contribution in [0.3, 0.4) is 0 Å². The van der Waals surface area contributed by atoms with Gasteiger partial charge in [0.2, 0.25) is 0 Å². The van der Waals surface area contributed by atoms with E-state index in [1.54, 1.807) is 6.20 Å². The molecule has 0 N–H and O–H groups in total. The van der Waals surface area contributed by atoms with Gasteiger partial charge in [-0.2, -0.15) is 0 Å². The SMILES string of the molecule is C[C@@H]1CCCN(C2CCN(C(=O)c3cnc(N4CCS(=O)(=O)CC4)cn3)CC2)C1. The van der Waals surface area contributed by atoms with Crippen molar-refractivity contribution in [2.45, 2.75) is 38.6 Å². The lowest BCUT2D eigenvalue weighted by Crippen LogP contribution is -2.49. The van der Waals surface area contributed by atoms with Gasteiger partial charge in [0.25, 0.3) is 5.91 Å². The first-order chi connectivity index (χ1) is 13.9. The Hall–Kier alpha value is -1.74. The van der Waals surface area contributed by atoms with Crippen LogP contribution >= 0.6 is 0 Å². The molecular weight excluding hydrogens is 390 g/mol. The van der Waals surface area contributed by atoms with E-state index in [0.717, 1.165) is 31.8 Å². The summed E-state index contributed by atoms with van der Waals surface area (Å²) in [6.45, 7) is 7.08. The number of piperidine rings is 2. The smallest absolute Gasteiger partial charge is 0.274 e. The van der Waals surface area contributed by atoms with Gasteiger partial charge < -0.3 is 9.80 Å². The van der Waals surface area contributed by atoms with Gasteiger partial charge in [0, 0.05) is 38.8 Å². The third-order valence-corrected chi connectivity index (χ3v) is 8.09. The van der Waals surface area contributed by atoms with Crippen molar-refractivity contribution in [3.05, 3.63) is 18.1 Å². The predicted octanol–water partition coefficient (Wildman–Crippen LogP) is 1.05. The molecule has 1 aromatic rings. The normalized spacial score (nSPS) is 26.4. The summed E-state index contributed by atoms with van der Waals surface area (Å²) >= 11 is 0. The molecule has 4 heterocycles. The van der Waals surface area contributed by atoms with Gasteiger partial charge in [-0.1, -0.05) is 6.92 Å². The number of nitrogens with zero attached hydrogens (tertiary/aromatic N) is 5. The Morgan fingerprint density at radius 2 is 1.72 bits per heavy atom. The Morgan fingerprint density at radius 3 is 2.34 bits per heavy atom. The number of likely N-dealkylation sites (tertiary alicyclic amines) is 2. The maximum Gasteiger partial charge on any atom is 0.274 e. The lowest BCUT2D eigenvalue weighted by molar-refractivity contribution is 0.0537. The van der Waals surface area contributed by atoms with Crippen molar-refractivity contribution in [1.29, 1.82) is 0 Å². The van der Waals surface area contributed by atoms with Crippen LogP contribution in [-0.4, -0.2) is 90.9 Å². The Labute approximate surface area is 173 Å². The van der Waals surface area contributed by atoms with Gasteiger partial charge in [0.1, 0.15) is 11.5 Å². The first kappa shape index (κ1) is 20.5. The first-order valence-electron chi connectivity index (χ1n) is 10.7. The van der Waals surface area contributed by atoms with E-state index >= 15 is 0 Å². The average Bonchev–Trinajstić information content (AvgIpc) is 2.74. The Bertz CT molecular complexity index is 807. The molecule has 0 spiro atoms. The second-order valence-corrected chi connectivity index (χ2v) is 11.0. The zero-order valence-corrected chi connectivity index (χ0v) is 18.0. The monoisotopic (exact) mass is 421 g/mol. The summed E-state index contributed by atoms with van der Waals surface area (Å²) in [5, 5.41) is 0. The lowest BCUT2D eigenvalue weighted by atomic mass is 9.95. The van der Waals surface area contributed by atoms with Crippen LogP contribution in [0, 0.1) is 5.92 Å². The van der Waals surface area contributed by atoms with Crippen molar-refractivity contribution < 1.29 is 13.2 Å². The molecule has 0 aliphatic carbocycles. The zero-order valence-electron chi connectivity index (χ0n) is 17.2. The molecule has 29 heavy (non-hydrogen) atoms. The van der Waals surface area contributed by atoms with E-state index in [-0.39, 0.29) is 17.4 Å². The van der Waals surface area contributed by atoms with Crippen LogP contribution in [0.1, 0.15) is 43.1 Å². The molecule has 3 aliphatic heterocycles.